The molecule has 3 aliphatic heterocycles. The summed E-state index contributed by atoms with van der Waals surface area (Å²) in [4.78, 5) is 5.17. The van der Waals surface area contributed by atoms with Gasteiger partial charge in [-0.3, -0.25) is 9.80 Å². The fourth-order valence-corrected chi connectivity index (χ4v) is 2.16. The second-order valence-electron chi connectivity index (χ2n) is 4.08. The Morgan fingerprint density at radius 2 is 1.60 bits per heavy atom. The van der Waals surface area contributed by atoms with Crippen LogP contribution in [-0.4, -0.2) is 48.1 Å². The predicted octanol–water partition coefficient (Wildman–Crippen LogP) is 0.396. The Labute approximate surface area is 62.8 Å². The van der Waals surface area contributed by atoms with Gasteiger partial charge in [-0.25, -0.2) is 0 Å². The molecule has 3 fully saturated rings. The number of hydrogen-bond donors (Lipinski definition) is 0. The lowest BCUT2D eigenvalue weighted by atomic mass is 9.96. The van der Waals surface area contributed by atoms with Gasteiger partial charge >= 0.3 is 0 Å². The van der Waals surface area contributed by atoms with E-state index in [1.165, 1.54) is 32.7 Å². The van der Waals surface area contributed by atoms with E-state index in [-0.39, 0.29) is 0 Å². The van der Waals surface area contributed by atoms with Crippen LogP contribution in [0.2, 0.25) is 0 Å². The molecule has 0 N–H and O–H groups in total. The van der Waals surface area contributed by atoms with Crippen molar-refractivity contribution in [3.63, 3.8) is 0 Å². The number of fused-ring (bicyclic) bond motifs is 3. The average Bonchev–Trinajstić information content (AvgIpc) is 1.87. The van der Waals surface area contributed by atoms with Gasteiger partial charge in [-0.1, -0.05) is 0 Å². The average molecular weight is 140 g/mol. The fraction of sp³-hybridized carbons (Fsp3) is 1.00. The zero-order chi connectivity index (χ0) is 7.19. The molecule has 58 valence electrons. The van der Waals surface area contributed by atoms with Gasteiger partial charge in [0.1, 0.15) is 0 Å². The van der Waals surface area contributed by atoms with Crippen molar-refractivity contribution in [3.8, 4) is 0 Å². The Morgan fingerprint density at radius 1 is 1.00 bits per heavy atom. The van der Waals surface area contributed by atoms with Crippen LogP contribution in [-0.2, 0) is 0 Å². The summed E-state index contributed by atoms with van der Waals surface area (Å²) in [5.74, 6) is 0. The van der Waals surface area contributed by atoms with Crippen LogP contribution in [0, 0.1) is 0 Å². The molecule has 2 bridgehead atoms. The Balaban J connectivity index is 2.15. The molecule has 0 saturated carbocycles. The number of hydrogen-bond acceptors (Lipinski definition) is 2. The van der Waals surface area contributed by atoms with Crippen molar-refractivity contribution < 1.29 is 0 Å². The minimum absolute atomic E-state index is 0.455. The molecule has 2 heteroatoms. The van der Waals surface area contributed by atoms with Crippen molar-refractivity contribution in [2.75, 3.05) is 32.7 Å². The second kappa shape index (κ2) is 1.95. The third kappa shape index (κ3) is 0.867. The van der Waals surface area contributed by atoms with Gasteiger partial charge in [0.15, 0.2) is 0 Å². The minimum Gasteiger partial charge on any atom is -0.299 e. The topological polar surface area (TPSA) is 6.48 Å². The summed E-state index contributed by atoms with van der Waals surface area (Å²) in [5.41, 5.74) is 0.455. The van der Waals surface area contributed by atoms with Gasteiger partial charge in [0.2, 0.25) is 0 Å². The Kier molecular flexibility index (Phi) is 1.29. The molecule has 0 aromatic carbocycles. The van der Waals surface area contributed by atoms with E-state index in [1.54, 1.807) is 0 Å². The van der Waals surface area contributed by atoms with Crippen LogP contribution in [0.4, 0.5) is 0 Å². The predicted molar refractivity (Wildman–Crippen MR) is 42.1 cm³/mol. The number of rotatable bonds is 0. The van der Waals surface area contributed by atoms with Crippen molar-refractivity contribution in [1.29, 1.82) is 0 Å². The molecule has 0 atom stereocenters. The van der Waals surface area contributed by atoms with Gasteiger partial charge < -0.3 is 0 Å². The highest BCUT2D eigenvalue weighted by Crippen LogP contribution is 2.24. The number of nitrogens with zero attached hydrogens (tertiary/aromatic N) is 2. The molecule has 0 aromatic heterocycles. The van der Waals surface area contributed by atoms with Crippen LogP contribution in [0.25, 0.3) is 0 Å². The molecule has 0 aliphatic carbocycles. The molecule has 0 aromatic rings. The summed E-state index contributed by atoms with van der Waals surface area (Å²) in [5, 5.41) is 0. The molecule has 0 amide bonds. The van der Waals surface area contributed by atoms with E-state index in [0.29, 0.717) is 5.54 Å². The number of piperazine rings is 3. The van der Waals surface area contributed by atoms with E-state index in [1.807, 2.05) is 0 Å². The highest BCUT2D eigenvalue weighted by Gasteiger charge is 2.37. The summed E-state index contributed by atoms with van der Waals surface area (Å²) >= 11 is 0. The van der Waals surface area contributed by atoms with Crippen molar-refractivity contribution in [2.45, 2.75) is 19.4 Å². The molecule has 10 heavy (non-hydrogen) atoms. The third-order valence-corrected chi connectivity index (χ3v) is 2.84. The SMILES string of the molecule is CC1(C)CN2CCN1CC2. The van der Waals surface area contributed by atoms with E-state index >= 15 is 0 Å². The highest BCUT2D eigenvalue weighted by molar-refractivity contribution is 4.94. The first-order valence-electron chi connectivity index (χ1n) is 4.16. The first kappa shape index (κ1) is 6.62. The van der Waals surface area contributed by atoms with E-state index < -0.39 is 0 Å². The standard InChI is InChI=1S/C8H16N2/c1-8(2)7-9-3-5-10(8)6-4-9/h3-7H2,1-2H3. The molecule has 0 unspecified atom stereocenters. The maximum Gasteiger partial charge on any atom is 0.0281 e. The smallest absolute Gasteiger partial charge is 0.0281 e. The van der Waals surface area contributed by atoms with Crippen molar-refractivity contribution in [2.24, 2.45) is 0 Å². The summed E-state index contributed by atoms with van der Waals surface area (Å²) < 4.78 is 0. The highest BCUT2D eigenvalue weighted by atomic mass is 15.4. The van der Waals surface area contributed by atoms with Crippen LogP contribution in [0.15, 0.2) is 0 Å². The van der Waals surface area contributed by atoms with Gasteiger partial charge in [0.05, 0.1) is 0 Å². The Bertz CT molecular complexity index is 134. The summed E-state index contributed by atoms with van der Waals surface area (Å²) in [7, 11) is 0. The molecule has 2 nitrogen and oxygen atoms in total. The molecule has 3 heterocycles. The molecule has 3 rings (SSSR count). The lowest BCUT2D eigenvalue weighted by molar-refractivity contribution is -0.0343. The zero-order valence-corrected chi connectivity index (χ0v) is 6.93. The van der Waals surface area contributed by atoms with E-state index in [9.17, 15) is 0 Å². The van der Waals surface area contributed by atoms with Crippen LogP contribution in [0.5, 0.6) is 0 Å². The normalized spacial score (nSPS) is 43.8. The monoisotopic (exact) mass is 140 g/mol. The largest absolute Gasteiger partial charge is 0.299 e. The van der Waals surface area contributed by atoms with Crippen LogP contribution < -0.4 is 0 Å². The lowest BCUT2D eigenvalue weighted by Gasteiger charge is -2.52. The van der Waals surface area contributed by atoms with E-state index in [2.05, 4.69) is 23.6 Å². The molecular formula is C8H16N2. The summed E-state index contributed by atoms with van der Waals surface area (Å²) in [6, 6.07) is 0. The quantitative estimate of drug-likeness (QED) is 0.480. The maximum absolute atomic E-state index is 2.60. The van der Waals surface area contributed by atoms with Gasteiger partial charge in [-0.15, -0.1) is 0 Å². The first-order chi connectivity index (χ1) is 4.68. The molecule has 0 radical (unpaired) electrons. The minimum atomic E-state index is 0.455. The van der Waals surface area contributed by atoms with E-state index in [4.69, 9.17) is 0 Å². The molecule has 0 spiro atoms. The van der Waals surface area contributed by atoms with Crippen molar-refractivity contribution in [3.05, 3.63) is 0 Å². The molecular weight excluding hydrogens is 124 g/mol. The Morgan fingerprint density at radius 3 is 1.80 bits per heavy atom. The lowest BCUT2D eigenvalue weighted by Crippen LogP contribution is -2.65. The van der Waals surface area contributed by atoms with Gasteiger partial charge in [0.25, 0.3) is 0 Å². The van der Waals surface area contributed by atoms with Crippen LogP contribution in [0.3, 0.4) is 0 Å². The van der Waals surface area contributed by atoms with Crippen LogP contribution in [0.1, 0.15) is 13.8 Å². The summed E-state index contributed by atoms with van der Waals surface area (Å²) in [6.07, 6.45) is 0. The summed E-state index contributed by atoms with van der Waals surface area (Å²) in [6.45, 7) is 11.1. The third-order valence-electron chi connectivity index (χ3n) is 2.84. The zero-order valence-electron chi connectivity index (χ0n) is 6.93. The van der Waals surface area contributed by atoms with Gasteiger partial charge in [-0.05, 0) is 13.8 Å². The van der Waals surface area contributed by atoms with Crippen LogP contribution >= 0.6 is 0 Å². The maximum atomic E-state index is 2.60. The second-order valence-corrected chi connectivity index (χ2v) is 4.08. The Hall–Kier alpha value is -0.0800. The van der Waals surface area contributed by atoms with Crippen molar-refractivity contribution >= 4 is 0 Å². The van der Waals surface area contributed by atoms with Gasteiger partial charge in [0, 0.05) is 38.3 Å². The fourth-order valence-electron chi connectivity index (χ4n) is 2.16. The van der Waals surface area contributed by atoms with Gasteiger partial charge in [-0.2, -0.15) is 0 Å². The molecule has 3 saturated heterocycles. The van der Waals surface area contributed by atoms with Crippen molar-refractivity contribution in [1.82, 2.24) is 9.80 Å². The molecule has 3 aliphatic rings. The van der Waals surface area contributed by atoms with E-state index in [0.717, 1.165) is 0 Å². The first-order valence-corrected chi connectivity index (χ1v) is 4.16.